The second kappa shape index (κ2) is 6.05. The Morgan fingerprint density at radius 1 is 1.27 bits per heavy atom. The Morgan fingerprint density at radius 3 is 2.73 bits per heavy atom. The lowest BCUT2D eigenvalue weighted by Crippen LogP contribution is -2.30. The molecule has 2 heterocycles. The summed E-state index contributed by atoms with van der Waals surface area (Å²) in [5.41, 5.74) is 3.09. The average Bonchev–Trinajstić information content (AvgIpc) is 3.16. The highest BCUT2D eigenvalue weighted by atomic mass is 32.1. The van der Waals surface area contributed by atoms with Crippen LogP contribution < -0.4 is 0 Å². The summed E-state index contributed by atoms with van der Waals surface area (Å²) < 4.78 is 0. The number of thiophene rings is 1. The second-order valence-electron chi connectivity index (χ2n) is 5.77. The number of rotatable bonds is 3. The molecule has 1 aliphatic rings. The van der Waals surface area contributed by atoms with Crippen molar-refractivity contribution in [3.63, 3.8) is 0 Å². The Hall–Kier alpha value is -1.94. The number of Topliss-reactive ketones (excluding diaryl/α,β-unsaturated/α-hetero) is 1. The van der Waals surface area contributed by atoms with Crippen molar-refractivity contribution in [3.8, 4) is 0 Å². The van der Waals surface area contributed by atoms with Gasteiger partial charge in [-0.25, -0.2) is 0 Å². The van der Waals surface area contributed by atoms with Crippen molar-refractivity contribution in [2.24, 2.45) is 0 Å². The molecule has 1 amide bonds. The number of carbonyl (C=O) groups excluding carboxylic acids is 2. The third-order valence-electron chi connectivity index (χ3n) is 4.25. The molecule has 1 aromatic carbocycles. The van der Waals surface area contributed by atoms with Crippen LogP contribution in [0.25, 0.3) is 0 Å². The number of aryl methyl sites for hydroxylation is 1. The fourth-order valence-electron chi connectivity index (χ4n) is 3.09. The fourth-order valence-corrected chi connectivity index (χ4v) is 3.88. The van der Waals surface area contributed by atoms with Gasteiger partial charge < -0.3 is 4.90 Å². The first-order valence-electron chi connectivity index (χ1n) is 7.54. The van der Waals surface area contributed by atoms with Gasteiger partial charge in [0.2, 0.25) is 0 Å². The lowest BCUT2D eigenvalue weighted by molar-refractivity contribution is 0.0736. The van der Waals surface area contributed by atoms with E-state index in [1.165, 1.54) is 29.4 Å². The monoisotopic (exact) mass is 313 g/mol. The fraction of sp³-hybridized carbons (Fsp3) is 0.333. The normalized spacial score (nSPS) is 17.7. The van der Waals surface area contributed by atoms with Crippen LogP contribution in [0, 0.1) is 6.92 Å². The van der Waals surface area contributed by atoms with Crippen LogP contribution in [-0.4, -0.2) is 23.1 Å². The van der Waals surface area contributed by atoms with Gasteiger partial charge in [0.05, 0.1) is 16.5 Å². The highest BCUT2D eigenvalue weighted by molar-refractivity contribution is 7.12. The maximum absolute atomic E-state index is 12.8. The zero-order chi connectivity index (χ0) is 15.7. The molecule has 114 valence electrons. The van der Waals surface area contributed by atoms with Crippen molar-refractivity contribution >= 4 is 23.0 Å². The van der Waals surface area contributed by atoms with Crippen molar-refractivity contribution in [1.82, 2.24) is 4.90 Å². The third kappa shape index (κ3) is 2.71. The quantitative estimate of drug-likeness (QED) is 0.795. The van der Waals surface area contributed by atoms with E-state index in [9.17, 15) is 9.59 Å². The Bertz CT molecular complexity index is 719. The van der Waals surface area contributed by atoms with Gasteiger partial charge in [0, 0.05) is 11.9 Å². The standard InChI is InChI=1S/C18H19NO2S/c1-12-6-3-4-7-15(12)16-8-5-9-19(16)18(21)14-10-17(13(2)20)22-11-14/h3-4,6-7,10-11,16H,5,8-9H2,1-2H3/t16-/m1/s1. The number of benzene rings is 1. The predicted molar refractivity (Wildman–Crippen MR) is 88.5 cm³/mol. The molecular formula is C18H19NO2S. The molecule has 22 heavy (non-hydrogen) atoms. The molecule has 3 rings (SSSR count). The summed E-state index contributed by atoms with van der Waals surface area (Å²) in [4.78, 5) is 26.8. The topological polar surface area (TPSA) is 37.4 Å². The van der Waals surface area contributed by atoms with E-state index in [1.54, 1.807) is 11.4 Å². The molecule has 3 nitrogen and oxygen atoms in total. The molecule has 1 atom stereocenters. The first-order chi connectivity index (χ1) is 10.6. The molecule has 1 aliphatic heterocycles. The van der Waals surface area contributed by atoms with Crippen molar-refractivity contribution < 1.29 is 9.59 Å². The van der Waals surface area contributed by atoms with E-state index in [0.717, 1.165) is 19.4 Å². The van der Waals surface area contributed by atoms with E-state index in [4.69, 9.17) is 0 Å². The number of ketones is 1. The Labute approximate surface area is 134 Å². The Balaban J connectivity index is 1.88. The van der Waals surface area contributed by atoms with Crippen molar-refractivity contribution in [2.75, 3.05) is 6.54 Å². The summed E-state index contributed by atoms with van der Waals surface area (Å²) in [5.74, 6) is 0.0513. The minimum Gasteiger partial charge on any atom is -0.332 e. The van der Waals surface area contributed by atoms with Crippen LogP contribution in [0.5, 0.6) is 0 Å². The van der Waals surface area contributed by atoms with Gasteiger partial charge >= 0.3 is 0 Å². The van der Waals surface area contributed by atoms with Gasteiger partial charge in [0.25, 0.3) is 5.91 Å². The largest absolute Gasteiger partial charge is 0.332 e. The summed E-state index contributed by atoms with van der Waals surface area (Å²) in [5, 5.41) is 1.80. The number of amides is 1. The van der Waals surface area contributed by atoms with Gasteiger partial charge in [-0.1, -0.05) is 24.3 Å². The Kier molecular flexibility index (Phi) is 4.12. The molecule has 0 aliphatic carbocycles. The van der Waals surface area contributed by atoms with Gasteiger partial charge in [0.15, 0.2) is 5.78 Å². The van der Waals surface area contributed by atoms with Crippen LogP contribution in [0.2, 0.25) is 0 Å². The first kappa shape index (κ1) is 15.0. The molecule has 0 spiro atoms. The summed E-state index contributed by atoms with van der Waals surface area (Å²) in [6.07, 6.45) is 2.02. The zero-order valence-corrected chi connectivity index (χ0v) is 13.7. The average molecular weight is 313 g/mol. The number of carbonyl (C=O) groups is 2. The minimum atomic E-state index is 0.0147. The first-order valence-corrected chi connectivity index (χ1v) is 8.42. The molecule has 4 heteroatoms. The lowest BCUT2D eigenvalue weighted by Gasteiger charge is -2.26. The molecule has 0 radical (unpaired) electrons. The van der Waals surface area contributed by atoms with E-state index in [2.05, 4.69) is 19.1 Å². The van der Waals surface area contributed by atoms with E-state index in [0.29, 0.717) is 10.4 Å². The maximum atomic E-state index is 12.8. The SMILES string of the molecule is CC(=O)c1cc(C(=O)N2CCC[C@@H]2c2ccccc2C)cs1. The summed E-state index contributed by atoms with van der Waals surface area (Å²) in [7, 11) is 0. The third-order valence-corrected chi connectivity index (χ3v) is 5.29. The smallest absolute Gasteiger partial charge is 0.255 e. The van der Waals surface area contributed by atoms with Gasteiger partial charge in [-0.15, -0.1) is 11.3 Å². The predicted octanol–water partition coefficient (Wildman–Crippen LogP) is 4.24. The zero-order valence-electron chi connectivity index (χ0n) is 12.8. The van der Waals surface area contributed by atoms with Gasteiger partial charge in [-0.3, -0.25) is 9.59 Å². The number of hydrogen-bond donors (Lipinski definition) is 0. The van der Waals surface area contributed by atoms with E-state index in [-0.39, 0.29) is 17.7 Å². The minimum absolute atomic E-state index is 0.0147. The summed E-state index contributed by atoms with van der Waals surface area (Å²) in [6.45, 7) is 4.41. The lowest BCUT2D eigenvalue weighted by atomic mass is 9.99. The maximum Gasteiger partial charge on any atom is 0.255 e. The summed E-state index contributed by atoms with van der Waals surface area (Å²) >= 11 is 1.35. The molecular weight excluding hydrogens is 294 g/mol. The van der Waals surface area contributed by atoms with Crippen LogP contribution in [0.3, 0.4) is 0 Å². The van der Waals surface area contributed by atoms with Crippen LogP contribution >= 0.6 is 11.3 Å². The highest BCUT2D eigenvalue weighted by Crippen LogP contribution is 2.35. The number of nitrogens with zero attached hydrogens (tertiary/aromatic N) is 1. The van der Waals surface area contributed by atoms with Crippen LogP contribution in [0.15, 0.2) is 35.7 Å². The van der Waals surface area contributed by atoms with Gasteiger partial charge in [-0.05, 0) is 43.9 Å². The van der Waals surface area contributed by atoms with E-state index < -0.39 is 0 Å². The van der Waals surface area contributed by atoms with E-state index in [1.807, 2.05) is 17.0 Å². The molecule has 0 saturated carbocycles. The summed E-state index contributed by atoms with van der Waals surface area (Å²) in [6, 6.07) is 10.1. The molecule has 0 N–H and O–H groups in total. The Morgan fingerprint density at radius 2 is 2.05 bits per heavy atom. The number of hydrogen-bond acceptors (Lipinski definition) is 3. The van der Waals surface area contributed by atoms with Crippen molar-refractivity contribution in [1.29, 1.82) is 0 Å². The van der Waals surface area contributed by atoms with Crippen LogP contribution in [0.1, 0.15) is 57.0 Å². The van der Waals surface area contributed by atoms with E-state index >= 15 is 0 Å². The molecule has 1 aromatic heterocycles. The highest BCUT2D eigenvalue weighted by Gasteiger charge is 2.31. The van der Waals surface area contributed by atoms with Crippen molar-refractivity contribution in [3.05, 3.63) is 57.3 Å². The number of likely N-dealkylation sites (tertiary alicyclic amines) is 1. The molecule has 1 saturated heterocycles. The molecule has 2 aromatic rings. The van der Waals surface area contributed by atoms with Gasteiger partial charge in [0.1, 0.15) is 0 Å². The second-order valence-corrected chi connectivity index (χ2v) is 6.68. The molecule has 1 fully saturated rings. The van der Waals surface area contributed by atoms with Crippen LogP contribution in [-0.2, 0) is 0 Å². The van der Waals surface area contributed by atoms with Crippen LogP contribution in [0.4, 0.5) is 0 Å². The molecule has 0 unspecified atom stereocenters. The molecule has 0 bridgehead atoms. The van der Waals surface area contributed by atoms with Gasteiger partial charge in [-0.2, -0.15) is 0 Å². The van der Waals surface area contributed by atoms with Crippen molar-refractivity contribution in [2.45, 2.75) is 32.7 Å².